The van der Waals surface area contributed by atoms with Crippen LogP contribution in [-0.4, -0.2) is 44.8 Å². The van der Waals surface area contributed by atoms with E-state index in [9.17, 15) is 14.0 Å². The molecule has 5 rings (SSSR count). The van der Waals surface area contributed by atoms with Gasteiger partial charge in [0.1, 0.15) is 11.9 Å². The first kappa shape index (κ1) is 23.4. The van der Waals surface area contributed by atoms with Crippen LogP contribution in [0.4, 0.5) is 4.39 Å². The van der Waals surface area contributed by atoms with E-state index in [1.807, 2.05) is 60.7 Å². The van der Waals surface area contributed by atoms with Crippen molar-refractivity contribution >= 4 is 11.8 Å². The van der Waals surface area contributed by atoms with Gasteiger partial charge in [-0.3, -0.25) is 9.59 Å². The molecule has 1 unspecified atom stereocenters. The Bertz CT molecular complexity index is 1290. The third-order valence-corrected chi connectivity index (χ3v) is 6.37. The second-order valence-corrected chi connectivity index (χ2v) is 8.99. The van der Waals surface area contributed by atoms with Crippen molar-refractivity contribution in [2.45, 2.75) is 19.0 Å². The Morgan fingerprint density at radius 2 is 1.61 bits per heavy atom. The fraction of sp³-hybridized carbons (Fsp3) is 0.214. The predicted octanol–water partition coefficient (Wildman–Crippen LogP) is 3.83. The largest absolute Gasteiger partial charge is 0.350 e. The highest BCUT2D eigenvalue weighted by Gasteiger charge is 2.30. The zero-order valence-electron chi connectivity index (χ0n) is 19.6. The number of benzene rings is 3. The maximum Gasteiger partial charge on any atom is 0.273 e. The molecule has 1 atom stereocenters. The van der Waals surface area contributed by atoms with Crippen molar-refractivity contribution in [3.05, 3.63) is 119 Å². The highest BCUT2D eigenvalue weighted by atomic mass is 19.1. The van der Waals surface area contributed by atoms with E-state index in [1.54, 1.807) is 27.9 Å². The van der Waals surface area contributed by atoms with Crippen molar-refractivity contribution in [3.63, 3.8) is 0 Å². The van der Waals surface area contributed by atoms with Crippen molar-refractivity contribution in [2.24, 2.45) is 5.92 Å². The minimum absolute atomic E-state index is 0.00155. The first-order valence-electron chi connectivity index (χ1n) is 11.9. The summed E-state index contributed by atoms with van der Waals surface area (Å²) in [6, 6.07) is 25.8. The first-order chi connectivity index (χ1) is 17.6. The maximum atomic E-state index is 13.1. The van der Waals surface area contributed by atoms with Crippen LogP contribution in [0.2, 0.25) is 0 Å². The van der Waals surface area contributed by atoms with Crippen molar-refractivity contribution in [1.29, 1.82) is 0 Å². The lowest BCUT2D eigenvalue weighted by molar-refractivity contribution is -0.128. The van der Waals surface area contributed by atoms with Crippen molar-refractivity contribution in [3.8, 4) is 0 Å². The summed E-state index contributed by atoms with van der Waals surface area (Å²) in [5.41, 5.74) is 3.16. The topological polar surface area (TPSA) is 80.1 Å². The minimum Gasteiger partial charge on any atom is -0.350 e. The third kappa shape index (κ3) is 5.33. The Morgan fingerprint density at radius 3 is 2.25 bits per heavy atom. The highest BCUT2D eigenvalue weighted by molar-refractivity contribution is 5.92. The first-order valence-corrected chi connectivity index (χ1v) is 11.9. The van der Waals surface area contributed by atoms with Gasteiger partial charge in [-0.25, -0.2) is 9.07 Å². The fourth-order valence-electron chi connectivity index (χ4n) is 4.56. The Kier molecular flexibility index (Phi) is 6.84. The third-order valence-electron chi connectivity index (χ3n) is 6.37. The molecule has 2 heterocycles. The second kappa shape index (κ2) is 10.5. The molecule has 0 bridgehead atoms. The molecule has 3 aromatic carbocycles. The zero-order chi connectivity index (χ0) is 24.9. The lowest BCUT2D eigenvalue weighted by Crippen LogP contribution is -2.31. The standard InChI is InChI=1S/C28H26FN5O2/c29-24-13-11-20(12-14-24)17-33-18-21(15-26(33)35)16-30-28(36)25-19-34(32-31-25)27(22-7-3-1-4-8-22)23-9-5-2-6-10-23/h1-14,19,21,27H,15-18H2,(H,30,36). The van der Waals surface area contributed by atoms with E-state index >= 15 is 0 Å². The molecule has 4 aromatic rings. The van der Waals surface area contributed by atoms with Gasteiger partial charge < -0.3 is 10.2 Å². The van der Waals surface area contributed by atoms with Gasteiger partial charge in [0.25, 0.3) is 5.91 Å². The molecular weight excluding hydrogens is 457 g/mol. The second-order valence-electron chi connectivity index (χ2n) is 8.99. The van der Waals surface area contributed by atoms with E-state index in [4.69, 9.17) is 0 Å². The van der Waals surface area contributed by atoms with E-state index in [2.05, 4.69) is 15.6 Å². The van der Waals surface area contributed by atoms with Gasteiger partial charge in [0.2, 0.25) is 5.91 Å². The monoisotopic (exact) mass is 483 g/mol. The summed E-state index contributed by atoms with van der Waals surface area (Å²) in [5, 5.41) is 11.3. The van der Waals surface area contributed by atoms with Gasteiger partial charge in [0, 0.05) is 32.0 Å². The summed E-state index contributed by atoms with van der Waals surface area (Å²) in [6.45, 7) is 1.32. The molecule has 1 aliphatic rings. The summed E-state index contributed by atoms with van der Waals surface area (Å²) in [4.78, 5) is 27.0. The molecule has 182 valence electrons. The SMILES string of the molecule is O=C(NCC1CC(=O)N(Cc2ccc(F)cc2)C1)c1cn(C(c2ccccc2)c2ccccc2)nn1. The number of likely N-dealkylation sites (tertiary alicyclic amines) is 1. The van der Waals surface area contributed by atoms with E-state index in [0.29, 0.717) is 26.1 Å². The van der Waals surface area contributed by atoms with Crippen LogP contribution in [0.15, 0.2) is 91.1 Å². The number of nitrogens with zero attached hydrogens (tertiary/aromatic N) is 4. The lowest BCUT2D eigenvalue weighted by Gasteiger charge is -2.18. The molecule has 0 spiro atoms. The van der Waals surface area contributed by atoms with Crippen LogP contribution < -0.4 is 5.32 Å². The molecule has 0 saturated carbocycles. The number of hydrogen-bond acceptors (Lipinski definition) is 4. The lowest BCUT2D eigenvalue weighted by atomic mass is 9.99. The summed E-state index contributed by atoms with van der Waals surface area (Å²) in [5.74, 6) is -0.607. The van der Waals surface area contributed by atoms with Crippen LogP contribution in [0.25, 0.3) is 0 Å². The number of carbonyl (C=O) groups excluding carboxylic acids is 2. The van der Waals surface area contributed by atoms with Gasteiger partial charge in [-0.2, -0.15) is 0 Å². The Hall–Kier alpha value is -4.33. The van der Waals surface area contributed by atoms with E-state index in [-0.39, 0.29) is 35.3 Å². The molecular formula is C28H26FN5O2. The molecule has 0 aliphatic carbocycles. The number of aromatic nitrogens is 3. The molecule has 36 heavy (non-hydrogen) atoms. The summed E-state index contributed by atoms with van der Waals surface area (Å²) < 4.78 is 14.8. The molecule has 0 radical (unpaired) electrons. The summed E-state index contributed by atoms with van der Waals surface area (Å²) in [6.07, 6.45) is 2.01. The molecule has 1 aliphatic heterocycles. The highest BCUT2D eigenvalue weighted by Crippen LogP contribution is 2.26. The molecule has 1 saturated heterocycles. The molecule has 1 N–H and O–H groups in total. The van der Waals surface area contributed by atoms with E-state index < -0.39 is 0 Å². The Labute approximate surface area is 208 Å². The van der Waals surface area contributed by atoms with E-state index in [1.165, 1.54) is 12.1 Å². The number of nitrogens with one attached hydrogen (secondary N) is 1. The van der Waals surface area contributed by atoms with Crippen LogP contribution in [0, 0.1) is 11.7 Å². The fourth-order valence-corrected chi connectivity index (χ4v) is 4.56. The molecule has 8 heteroatoms. The van der Waals surface area contributed by atoms with Crippen LogP contribution in [0.5, 0.6) is 0 Å². The Balaban J connectivity index is 1.22. The van der Waals surface area contributed by atoms with Gasteiger partial charge in [-0.15, -0.1) is 5.10 Å². The average molecular weight is 484 g/mol. The maximum absolute atomic E-state index is 13.1. The van der Waals surface area contributed by atoms with Gasteiger partial charge in [0.15, 0.2) is 5.69 Å². The van der Waals surface area contributed by atoms with Crippen LogP contribution >= 0.6 is 0 Å². The van der Waals surface area contributed by atoms with Crippen LogP contribution in [0.1, 0.15) is 39.6 Å². The summed E-state index contributed by atoms with van der Waals surface area (Å²) >= 11 is 0. The number of carbonyl (C=O) groups is 2. The molecule has 7 nitrogen and oxygen atoms in total. The minimum atomic E-state index is -0.328. The predicted molar refractivity (Wildman–Crippen MR) is 132 cm³/mol. The number of rotatable bonds is 8. The number of hydrogen-bond donors (Lipinski definition) is 1. The van der Waals surface area contributed by atoms with Crippen LogP contribution in [-0.2, 0) is 11.3 Å². The van der Waals surface area contributed by atoms with Gasteiger partial charge in [-0.1, -0.05) is 78.0 Å². The van der Waals surface area contributed by atoms with Crippen molar-refractivity contribution < 1.29 is 14.0 Å². The van der Waals surface area contributed by atoms with Crippen molar-refractivity contribution in [2.75, 3.05) is 13.1 Å². The Morgan fingerprint density at radius 1 is 0.972 bits per heavy atom. The van der Waals surface area contributed by atoms with Crippen LogP contribution in [0.3, 0.4) is 0 Å². The van der Waals surface area contributed by atoms with E-state index in [0.717, 1.165) is 16.7 Å². The number of amides is 2. The van der Waals surface area contributed by atoms with Gasteiger partial charge in [0.05, 0.1) is 6.20 Å². The quantitative estimate of drug-likeness (QED) is 0.413. The summed E-state index contributed by atoms with van der Waals surface area (Å²) in [7, 11) is 0. The van der Waals surface area contributed by atoms with Gasteiger partial charge in [-0.05, 0) is 28.8 Å². The molecule has 2 amide bonds. The smallest absolute Gasteiger partial charge is 0.273 e. The molecule has 1 aromatic heterocycles. The number of halogens is 1. The van der Waals surface area contributed by atoms with Gasteiger partial charge >= 0.3 is 0 Å². The van der Waals surface area contributed by atoms with Crippen molar-refractivity contribution in [1.82, 2.24) is 25.2 Å². The average Bonchev–Trinajstić information content (AvgIpc) is 3.52. The normalized spacial score (nSPS) is 15.4. The molecule has 1 fully saturated rings. The zero-order valence-corrected chi connectivity index (χ0v) is 19.6.